The van der Waals surface area contributed by atoms with E-state index in [1.807, 2.05) is 12.1 Å². The van der Waals surface area contributed by atoms with Crippen molar-refractivity contribution in [2.75, 3.05) is 5.32 Å². The molecule has 1 aromatic rings. The average Bonchev–Trinajstić information content (AvgIpc) is 2.15. The number of anilines is 1. The summed E-state index contributed by atoms with van der Waals surface area (Å²) in [6, 6.07) is 6.02. The summed E-state index contributed by atoms with van der Waals surface area (Å²) in [6.45, 7) is 6.54. The summed E-state index contributed by atoms with van der Waals surface area (Å²) in [5.74, 6) is 0.643. The summed E-state index contributed by atoms with van der Waals surface area (Å²) in [4.78, 5) is 0.329. The summed E-state index contributed by atoms with van der Waals surface area (Å²) >= 11 is 11.1. The van der Waals surface area contributed by atoms with Crippen molar-refractivity contribution in [3.8, 4) is 0 Å². The van der Waals surface area contributed by atoms with Crippen LogP contribution in [0.3, 0.4) is 0 Å². The maximum absolute atomic E-state index is 6.11. The molecule has 0 spiro atoms. The first-order valence-corrected chi connectivity index (χ1v) is 6.55. The Bertz CT molecular complexity index is 404. The van der Waals surface area contributed by atoms with E-state index in [9.17, 15) is 0 Å². The third kappa shape index (κ3) is 4.17. The molecule has 17 heavy (non-hydrogen) atoms. The highest BCUT2D eigenvalue weighted by Crippen LogP contribution is 2.25. The molecule has 0 aliphatic heterocycles. The molecule has 0 amide bonds. The molecule has 0 heterocycles. The van der Waals surface area contributed by atoms with E-state index in [0.717, 1.165) is 17.7 Å². The van der Waals surface area contributed by atoms with Crippen molar-refractivity contribution in [1.29, 1.82) is 0 Å². The SMILES string of the molecule is CC(C)CC(C)Nc1cccc(Cl)c1C(N)=S. The minimum Gasteiger partial charge on any atom is -0.389 e. The van der Waals surface area contributed by atoms with Gasteiger partial charge in [-0.25, -0.2) is 0 Å². The lowest BCUT2D eigenvalue weighted by Gasteiger charge is -2.19. The van der Waals surface area contributed by atoms with E-state index >= 15 is 0 Å². The predicted molar refractivity (Wildman–Crippen MR) is 79.9 cm³/mol. The van der Waals surface area contributed by atoms with Crippen molar-refractivity contribution in [3.05, 3.63) is 28.8 Å². The number of nitrogens with two attached hydrogens (primary N) is 1. The van der Waals surface area contributed by atoms with Gasteiger partial charge in [0.1, 0.15) is 4.99 Å². The molecule has 2 nitrogen and oxygen atoms in total. The number of hydrogen-bond acceptors (Lipinski definition) is 2. The molecular weight excluding hydrogens is 252 g/mol. The van der Waals surface area contributed by atoms with Crippen molar-refractivity contribution in [3.63, 3.8) is 0 Å². The molecule has 0 aromatic heterocycles. The predicted octanol–water partition coefficient (Wildman–Crippen LogP) is 3.82. The third-order valence-corrected chi connectivity index (χ3v) is 3.01. The van der Waals surface area contributed by atoms with E-state index in [4.69, 9.17) is 29.6 Å². The Kier molecular flexibility index (Phi) is 5.22. The second kappa shape index (κ2) is 6.22. The van der Waals surface area contributed by atoms with Gasteiger partial charge < -0.3 is 11.1 Å². The fourth-order valence-corrected chi connectivity index (χ4v) is 2.48. The van der Waals surface area contributed by atoms with Crippen LogP contribution in [-0.4, -0.2) is 11.0 Å². The zero-order valence-corrected chi connectivity index (χ0v) is 12.0. The molecule has 0 aliphatic rings. The number of thiocarbonyl (C=S) groups is 1. The number of halogens is 1. The van der Waals surface area contributed by atoms with Crippen molar-refractivity contribution in [2.45, 2.75) is 33.2 Å². The molecule has 94 valence electrons. The standard InChI is InChI=1S/C13H19ClN2S/c1-8(2)7-9(3)16-11-6-4-5-10(14)12(11)13(15)17/h4-6,8-9,16H,7H2,1-3H3,(H2,15,17). The summed E-state index contributed by atoms with van der Waals surface area (Å²) in [5, 5.41) is 4.01. The zero-order chi connectivity index (χ0) is 13.0. The third-order valence-electron chi connectivity index (χ3n) is 2.49. The Morgan fingerprint density at radius 3 is 2.59 bits per heavy atom. The van der Waals surface area contributed by atoms with Gasteiger partial charge in [-0.3, -0.25) is 0 Å². The van der Waals surface area contributed by atoms with Crippen molar-refractivity contribution in [1.82, 2.24) is 0 Å². The number of nitrogens with one attached hydrogen (secondary N) is 1. The Morgan fingerprint density at radius 1 is 1.41 bits per heavy atom. The quantitative estimate of drug-likeness (QED) is 0.799. The molecule has 0 saturated carbocycles. The maximum Gasteiger partial charge on any atom is 0.107 e. The first-order valence-electron chi connectivity index (χ1n) is 5.76. The van der Waals surface area contributed by atoms with Crippen LogP contribution in [0.15, 0.2) is 18.2 Å². The van der Waals surface area contributed by atoms with Gasteiger partial charge in [0.2, 0.25) is 0 Å². The smallest absolute Gasteiger partial charge is 0.107 e. The van der Waals surface area contributed by atoms with Crippen LogP contribution in [0.5, 0.6) is 0 Å². The lowest BCUT2D eigenvalue weighted by molar-refractivity contribution is 0.540. The number of benzene rings is 1. The van der Waals surface area contributed by atoms with Gasteiger partial charge in [0, 0.05) is 11.7 Å². The van der Waals surface area contributed by atoms with E-state index in [-0.39, 0.29) is 0 Å². The van der Waals surface area contributed by atoms with Gasteiger partial charge in [-0.1, -0.05) is 43.7 Å². The molecule has 1 rings (SSSR count). The average molecular weight is 271 g/mol. The molecule has 0 aliphatic carbocycles. The van der Waals surface area contributed by atoms with Crippen LogP contribution in [0.1, 0.15) is 32.8 Å². The molecule has 0 fully saturated rings. The van der Waals surface area contributed by atoms with E-state index in [2.05, 4.69) is 26.1 Å². The summed E-state index contributed by atoms with van der Waals surface area (Å²) in [7, 11) is 0. The molecule has 1 aromatic carbocycles. The molecule has 1 atom stereocenters. The number of rotatable bonds is 5. The summed E-state index contributed by atoms with van der Waals surface area (Å²) in [5.41, 5.74) is 7.35. The molecule has 0 saturated heterocycles. The maximum atomic E-state index is 6.11. The van der Waals surface area contributed by atoms with Crippen molar-refractivity contribution in [2.24, 2.45) is 11.7 Å². The van der Waals surface area contributed by atoms with E-state index < -0.39 is 0 Å². The first-order chi connectivity index (χ1) is 7.91. The molecule has 4 heteroatoms. The minimum absolute atomic E-state index is 0.329. The molecule has 3 N–H and O–H groups in total. The molecule has 1 unspecified atom stereocenters. The van der Waals surface area contributed by atoms with Crippen LogP contribution in [0.2, 0.25) is 5.02 Å². The van der Waals surface area contributed by atoms with E-state index in [0.29, 0.717) is 22.0 Å². The Balaban J connectivity index is 2.91. The largest absolute Gasteiger partial charge is 0.389 e. The monoisotopic (exact) mass is 270 g/mol. The highest BCUT2D eigenvalue weighted by molar-refractivity contribution is 7.80. The van der Waals surface area contributed by atoms with Crippen LogP contribution < -0.4 is 11.1 Å². The second-order valence-corrected chi connectivity index (χ2v) is 5.55. The van der Waals surface area contributed by atoms with Crippen LogP contribution in [-0.2, 0) is 0 Å². The van der Waals surface area contributed by atoms with Crippen molar-refractivity contribution < 1.29 is 0 Å². The zero-order valence-electron chi connectivity index (χ0n) is 10.5. The van der Waals surface area contributed by atoms with Crippen LogP contribution in [0.25, 0.3) is 0 Å². The normalized spacial score (nSPS) is 12.5. The van der Waals surface area contributed by atoms with Crippen LogP contribution in [0, 0.1) is 5.92 Å². The highest BCUT2D eigenvalue weighted by atomic mass is 35.5. The second-order valence-electron chi connectivity index (χ2n) is 4.70. The first kappa shape index (κ1) is 14.3. The van der Waals surface area contributed by atoms with Gasteiger partial charge in [-0.2, -0.15) is 0 Å². The van der Waals surface area contributed by atoms with Crippen LogP contribution in [0.4, 0.5) is 5.69 Å². The Morgan fingerprint density at radius 2 is 2.06 bits per heavy atom. The van der Waals surface area contributed by atoms with Gasteiger partial charge in [0.15, 0.2) is 0 Å². The summed E-state index contributed by atoms with van der Waals surface area (Å²) < 4.78 is 0. The van der Waals surface area contributed by atoms with Crippen molar-refractivity contribution >= 4 is 34.5 Å². The Hall–Kier alpha value is -0.800. The Labute approximate surface area is 114 Å². The van der Waals surface area contributed by atoms with Gasteiger partial charge in [0.05, 0.1) is 10.6 Å². The van der Waals surface area contributed by atoms with E-state index in [1.165, 1.54) is 0 Å². The topological polar surface area (TPSA) is 38.0 Å². The van der Waals surface area contributed by atoms with Gasteiger partial charge in [-0.15, -0.1) is 0 Å². The fourth-order valence-electron chi connectivity index (χ4n) is 1.93. The lowest BCUT2D eigenvalue weighted by atomic mass is 10.0. The number of hydrogen-bond donors (Lipinski definition) is 2. The lowest BCUT2D eigenvalue weighted by Crippen LogP contribution is -2.21. The molecule has 0 radical (unpaired) electrons. The van der Waals surface area contributed by atoms with Gasteiger partial charge in [-0.05, 0) is 31.4 Å². The highest BCUT2D eigenvalue weighted by Gasteiger charge is 2.12. The van der Waals surface area contributed by atoms with E-state index in [1.54, 1.807) is 6.07 Å². The summed E-state index contributed by atoms with van der Waals surface area (Å²) in [6.07, 6.45) is 1.09. The van der Waals surface area contributed by atoms with Gasteiger partial charge in [0.25, 0.3) is 0 Å². The fraction of sp³-hybridized carbons (Fsp3) is 0.462. The molecule has 0 bridgehead atoms. The van der Waals surface area contributed by atoms with Gasteiger partial charge >= 0.3 is 0 Å². The van der Waals surface area contributed by atoms with Crippen LogP contribution >= 0.6 is 23.8 Å². The minimum atomic E-state index is 0.329. The molecular formula is C13H19ClN2S.